The molecule has 3 unspecified atom stereocenters. The molecule has 2 saturated carbocycles. The molecule has 1 N–H and O–H groups in total. The van der Waals surface area contributed by atoms with Gasteiger partial charge in [-0.15, -0.1) is 0 Å². The number of nitrogens with one attached hydrogen (secondary N) is 1. The molecule has 0 saturated heterocycles. The van der Waals surface area contributed by atoms with E-state index < -0.39 is 0 Å². The second-order valence-electron chi connectivity index (χ2n) is 7.56. The Kier molecular flexibility index (Phi) is 3.34. The molecule has 21 heavy (non-hydrogen) atoms. The molecule has 2 aliphatic carbocycles. The fraction of sp³-hybridized carbons (Fsp3) is 0.667. The summed E-state index contributed by atoms with van der Waals surface area (Å²) in [5, 5.41) is 3.79. The van der Waals surface area contributed by atoms with E-state index in [1.54, 1.807) is 14.2 Å². The molecule has 3 rings (SSSR count). The first kappa shape index (κ1) is 14.6. The van der Waals surface area contributed by atoms with Gasteiger partial charge in [-0.1, -0.05) is 20.8 Å². The van der Waals surface area contributed by atoms with Gasteiger partial charge in [-0.05, 0) is 48.1 Å². The molecule has 1 aromatic rings. The van der Waals surface area contributed by atoms with Crippen molar-refractivity contribution in [3.63, 3.8) is 0 Å². The molecule has 2 fully saturated rings. The number of rotatable bonds is 4. The summed E-state index contributed by atoms with van der Waals surface area (Å²) in [5.74, 6) is 2.58. The zero-order valence-electron chi connectivity index (χ0n) is 13.8. The molecule has 0 spiro atoms. The van der Waals surface area contributed by atoms with Crippen LogP contribution in [0.15, 0.2) is 18.2 Å². The minimum atomic E-state index is 0.321. The van der Waals surface area contributed by atoms with Gasteiger partial charge in [0.2, 0.25) is 0 Å². The van der Waals surface area contributed by atoms with Crippen LogP contribution in [0.3, 0.4) is 0 Å². The maximum absolute atomic E-state index is 5.52. The fourth-order valence-corrected chi connectivity index (χ4v) is 4.74. The van der Waals surface area contributed by atoms with Crippen LogP contribution in [0.25, 0.3) is 0 Å². The summed E-state index contributed by atoms with van der Waals surface area (Å²) in [7, 11) is 3.43. The predicted molar refractivity (Wildman–Crippen MR) is 86.2 cm³/mol. The minimum Gasteiger partial charge on any atom is -0.497 e. The molecule has 0 aliphatic heterocycles. The lowest BCUT2D eigenvalue weighted by molar-refractivity contribution is 0.155. The summed E-state index contributed by atoms with van der Waals surface area (Å²) in [6.45, 7) is 7.25. The van der Waals surface area contributed by atoms with Crippen molar-refractivity contribution in [1.82, 2.24) is 0 Å². The minimum absolute atomic E-state index is 0.321. The van der Waals surface area contributed by atoms with Crippen LogP contribution in [-0.4, -0.2) is 20.3 Å². The number of hydrogen-bond donors (Lipinski definition) is 1. The van der Waals surface area contributed by atoms with E-state index in [-0.39, 0.29) is 0 Å². The molecule has 3 heteroatoms. The van der Waals surface area contributed by atoms with E-state index in [0.29, 0.717) is 16.9 Å². The van der Waals surface area contributed by atoms with Gasteiger partial charge in [-0.2, -0.15) is 0 Å². The van der Waals surface area contributed by atoms with Gasteiger partial charge in [0, 0.05) is 12.1 Å². The van der Waals surface area contributed by atoms with Gasteiger partial charge >= 0.3 is 0 Å². The highest BCUT2D eigenvalue weighted by molar-refractivity contribution is 5.61. The van der Waals surface area contributed by atoms with Crippen LogP contribution >= 0.6 is 0 Å². The molecule has 116 valence electrons. The highest BCUT2D eigenvalue weighted by Gasteiger charge is 2.59. The first-order valence-corrected chi connectivity index (χ1v) is 7.89. The van der Waals surface area contributed by atoms with E-state index in [4.69, 9.17) is 9.47 Å². The van der Waals surface area contributed by atoms with Crippen molar-refractivity contribution in [2.24, 2.45) is 16.7 Å². The van der Waals surface area contributed by atoms with Crippen LogP contribution in [-0.2, 0) is 0 Å². The monoisotopic (exact) mass is 289 g/mol. The highest BCUT2D eigenvalue weighted by Crippen LogP contribution is 2.63. The quantitative estimate of drug-likeness (QED) is 0.895. The van der Waals surface area contributed by atoms with Crippen molar-refractivity contribution >= 4 is 5.69 Å². The molecule has 2 bridgehead atoms. The van der Waals surface area contributed by atoms with Gasteiger partial charge < -0.3 is 14.8 Å². The zero-order chi connectivity index (χ0) is 15.3. The number of ether oxygens (including phenoxy) is 2. The summed E-state index contributed by atoms with van der Waals surface area (Å²) in [4.78, 5) is 0. The zero-order valence-corrected chi connectivity index (χ0v) is 13.8. The van der Waals surface area contributed by atoms with Crippen molar-refractivity contribution in [2.75, 3.05) is 19.5 Å². The standard InChI is InChI=1S/C18H27NO2/c1-17(2)12-8-9-18(3,11-12)16(17)19-14-10-13(20-4)6-7-15(14)21-5/h6-7,10,12,16,19H,8-9,11H2,1-5H3. The number of methoxy groups -OCH3 is 2. The summed E-state index contributed by atoms with van der Waals surface area (Å²) in [6, 6.07) is 6.44. The van der Waals surface area contributed by atoms with Crippen molar-refractivity contribution in [3.05, 3.63) is 18.2 Å². The second-order valence-corrected chi connectivity index (χ2v) is 7.56. The van der Waals surface area contributed by atoms with E-state index in [0.717, 1.165) is 23.1 Å². The number of anilines is 1. The Balaban J connectivity index is 1.93. The average Bonchev–Trinajstić information content (AvgIpc) is 2.94. The van der Waals surface area contributed by atoms with Crippen LogP contribution in [0.1, 0.15) is 40.0 Å². The second kappa shape index (κ2) is 4.82. The largest absolute Gasteiger partial charge is 0.497 e. The smallest absolute Gasteiger partial charge is 0.142 e. The van der Waals surface area contributed by atoms with Gasteiger partial charge in [0.25, 0.3) is 0 Å². The van der Waals surface area contributed by atoms with Crippen molar-refractivity contribution in [3.8, 4) is 11.5 Å². The molecule has 0 radical (unpaired) electrons. The van der Waals surface area contributed by atoms with Gasteiger partial charge in [-0.3, -0.25) is 0 Å². The molecule has 0 aromatic heterocycles. The Morgan fingerprint density at radius 2 is 1.90 bits per heavy atom. The lowest BCUT2D eigenvalue weighted by atomic mass is 9.68. The highest BCUT2D eigenvalue weighted by atomic mass is 16.5. The number of hydrogen-bond acceptors (Lipinski definition) is 3. The van der Waals surface area contributed by atoms with E-state index in [9.17, 15) is 0 Å². The molecule has 2 aliphatic rings. The molecule has 1 aromatic carbocycles. The maximum atomic E-state index is 5.52. The van der Waals surface area contributed by atoms with Gasteiger partial charge in [-0.25, -0.2) is 0 Å². The van der Waals surface area contributed by atoms with E-state index in [2.05, 4.69) is 26.1 Å². The summed E-state index contributed by atoms with van der Waals surface area (Å²) < 4.78 is 10.9. The topological polar surface area (TPSA) is 30.5 Å². The Bertz CT molecular complexity index is 535. The third kappa shape index (κ3) is 2.18. The molecular weight excluding hydrogens is 262 g/mol. The summed E-state index contributed by atoms with van der Waals surface area (Å²) in [6.07, 6.45) is 4.03. The first-order valence-electron chi connectivity index (χ1n) is 7.89. The lowest BCUT2D eigenvalue weighted by Crippen LogP contribution is -2.45. The fourth-order valence-electron chi connectivity index (χ4n) is 4.74. The van der Waals surface area contributed by atoms with Gasteiger partial charge in [0.05, 0.1) is 19.9 Å². The Morgan fingerprint density at radius 3 is 2.48 bits per heavy atom. The first-order chi connectivity index (χ1) is 9.90. The Hall–Kier alpha value is -1.38. The van der Waals surface area contributed by atoms with Crippen molar-refractivity contribution in [2.45, 2.75) is 46.1 Å². The molecule has 3 nitrogen and oxygen atoms in total. The normalized spacial score (nSPS) is 33.0. The maximum Gasteiger partial charge on any atom is 0.142 e. The Labute approximate surface area is 128 Å². The van der Waals surface area contributed by atoms with Gasteiger partial charge in [0.1, 0.15) is 11.5 Å². The molecule has 3 atom stereocenters. The molecule has 0 heterocycles. The predicted octanol–water partition coefficient (Wildman–Crippen LogP) is 4.33. The number of fused-ring (bicyclic) bond motifs is 2. The third-order valence-electron chi connectivity index (χ3n) is 5.98. The average molecular weight is 289 g/mol. The van der Waals surface area contributed by atoms with E-state index >= 15 is 0 Å². The Morgan fingerprint density at radius 1 is 1.14 bits per heavy atom. The van der Waals surface area contributed by atoms with Crippen LogP contribution < -0.4 is 14.8 Å². The van der Waals surface area contributed by atoms with Crippen LogP contribution in [0.2, 0.25) is 0 Å². The SMILES string of the molecule is COc1ccc(OC)c(NC2C3(C)CCC(C3)C2(C)C)c1. The van der Waals surface area contributed by atoms with Crippen LogP contribution in [0, 0.1) is 16.7 Å². The van der Waals surface area contributed by atoms with Crippen molar-refractivity contribution < 1.29 is 9.47 Å². The summed E-state index contributed by atoms with van der Waals surface area (Å²) in [5.41, 5.74) is 1.76. The number of benzene rings is 1. The summed E-state index contributed by atoms with van der Waals surface area (Å²) >= 11 is 0. The lowest BCUT2D eigenvalue weighted by Gasteiger charge is -2.43. The van der Waals surface area contributed by atoms with Crippen LogP contribution in [0.4, 0.5) is 5.69 Å². The van der Waals surface area contributed by atoms with Crippen molar-refractivity contribution in [1.29, 1.82) is 0 Å². The van der Waals surface area contributed by atoms with Crippen LogP contribution in [0.5, 0.6) is 11.5 Å². The third-order valence-corrected chi connectivity index (χ3v) is 5.98. The van der Waals surface area contributed by atoms with E-state index in [1.807, 2.05) is 18.2 Å². The molecule has 0 amide bonds. The van der Waals surface area contributed by atoms with Gasteiger partial charge in [0.15, 0.2) is 0 Å². The van der Waals surface area contributed by atoms with E-state index in [1.165, 1.54) is 19.3 Å². The molecular formula is C18H27NO2.